The van der Waals surface area contributed by atoms with Gasteiger partial charge in [0.1, 0.15) is 0 Å². The third-order valence-corrected chi connectivity index (χ3v) is 5.28. The largest absolute Gasteiger partial charge is 0.337 e. The molecule has 1 aliphatic rings. The van der Waals surface area contributed by atoms with Crippen LogP contribution >= 0.6 is 0 Å². The van der Waals surface area contributed by atoms with Gasteiger partial charge in [-0.1, -0.05) is 18.2 Å². The van der Waals surface area contributed by atoms with Crippen molar-refractivity contribution in [3.05, 3.63) is 48.3 Å². The van der Waals surface area contributed by atoms with Crippen LogP contribution in [0.5, 0.6) is 0 Å². The van der Waals surface area contributed by atoms with Gasteiger partial charge in [-0.15, -0.1) is 0 Å². The summed E-state index contributed by atoms with van der Waals surface area (Å²) in [6, 6.07) is 11.7. The average molecular weight is 391 g/mol. The van der Waals surface area contributed by atoms with Crippen molar-refractivity contribution in [2.45, 2.75) is 39.7 Å². The lowest BCUT2D eigenvalue weighted by atomic mass is 10.1. The summed E-state index contributed by atoms with van der Waals surface area (Å²) in [7, 11) is 0. The molecule has 1 saturated heterocycles. The van der Waals surface area contributed by atoms with Gasteiger partial charge in [-0.05, 0) is 45.9 Å². The van der Waals surface area contributed by atoms with Crippen LogP contribution in [0.15, 0.2) is 42.6 Å². The van der Waals surface area contributed by atoms with Gasteiger partial charge >= 0.3 is 0 Å². The van der Waals surface area contributed by atoms with Crippen LogP contribution in [-0.2, 0) is 9.59 Å². The van der Waals surface area contributed by atoms with Gasteiger partial charge in [0.05, 0.1) is 29.2 Å². The molecular formula is C22H25N5O2. The van der Waals surface area contributed by atoms with Crippen molar-refractivity contribution in [3.8, 4) is 5.69 Å². The van der Waals surface area contributed by atoms with Crippen LogP contribution in [0.4, 0.5) is 5.69 Å². The fourth-order valence-electron chi connectivity index (χ4n) is 3.74. The molecule has 1 fully saturated rings. The molecule has 3 aromatic rings. The van der Waals surface area contributed by atoms with Gasteiger partial charge in [0.15, 0.2) is 5.65 Å². The molecule has 0 spiro atoms. The second-order valence-corrected chi connectivity index (χ2v) is 8.49. The third kappa shape index (κ3) is 3.60. The summed E-state index contributed by atoms with van der Waals surface area (Å²) < 4.78 is 1.80. The predicted molar refractivity (Wildman–Crippen MR) is 112 cm³/mol. The van der Waals surface area contributed by atoms with E-state index in [9.17, 15) is 9.59 Å². The van der Waals surface area contributed by atoms with Crippen molar-refractivity contribution in [1.29, 1.82) is 0 Å². The number of pyridine rings is 1. The maximum absolute atomic E-state index is 12.7. The first-order chi connectivity index (χ1) is 13.7. The first-order valence-corrected chi connectivity index (χ1v) is 9.76. The number of carbonyl (C=O) groups excluding carboxylic acids is 2. The molecular weight excluding hydrogens is 366 g/mol. The van der Waals surface area contributed by atoms with E-state index in [0.717, 1.165) is 22.4 Å². The first kappa shape index (κ1) is 19.1. The smallest absolute Gasteiger partial charge is 0.229 e. The summed E-state index contributed by atoms with van der Waals surface area (Å²) in [5.41, 5.74) is 2.83. The molecule has 1 aromatic carbocycles. The third-order valence-electron chi connectivity index (χ3n) is 5.28. The van der Waals surface area contributed by atoms with E-state index in [0.29, 0.717) is 12.2 Å². The SMILES string of the molecule is Cc1nn(-c2ccccc2)c2ncc(NC(=O)C3CC(=O)N(C(C)(C)C)C3)cc12. The van der Waals surface area contributed by atoms with E-state index in [2.05, 4.69) is 15.4 Å². The Morgan fingerprint density at radius 3 is 2.59 bits per heavy atom. The molecule has 0 bridgehead atoms. The summed E-state index contributed by atoms with van der Waals surface area (Å²) in [6.07, 6.45) is 1.88. The van der Waals surface area contributed by atoms with Crippen LogP contribution in [-0.4, -0.2) is 43.6 Å². The summed E-state index contributed by atoms with van der Waals surface area (Å²) in [5, 5.41) is 8.40. The molecule has 1 N–H and O–H groups in total. The number of nitrogens with zero attached hydrogens (tertiary/aromatic N) is 4. The molecule has 4 rings (SSSR count). The van der Waals surface area contributed by atoms with E-state index in [4.69, 9.17) is 0 Å². The summed E-state index contributed by atoms with van der Waals surface area (Å²) >= 11 is 0. The number of nitrogens with one attached hydrogen (secondary N) is 1. The fourth-order valence-corrected chi connectivity index (χ4v) is 3.74. The molecule has 2 aromatic heterocycles. The van der Waals surface area contributed by atoms with Crippen LogP contribution < -0.4 is 5.32 Å². The van der Waals surface area contributed by atoms with E-state index in [1.165, 1.54) is 0 Å². The molecule has 3 heterocycles. The van der Waals surface area contributed by atoms with Gasteiger partial charge in [0, 0.05) is 23.9 Å². The molecule has 150 valence electrons. The minimum absolute atomic E-state index is 0.0196. The van der Waals surface area contributed by atoms with Crippen molar-refractivity contribution < 1.29 is 9.59 Å². The lowest BCUT2D eigenvalue weighted by Crippen LogP contribution is -2.42. The van der Waals surface area contributed by atoms with Gasteiger partial charge in [-0.3, -0.25) is 9.59 Å². The molecule has 1 unspecified atom stereocenters. The minimum Gasteiger partial charge on any atom is -0.337 e. The predicted octanol–water partition coefficient (Wildman–Crippen LogP) is 3.31. The lowest BCUT2D eigenvalue weighted by Gasteiger charge is -2.31. The Morgan fingerprint density at radius 2 is 1.93 bits per heavy atom. The van der Waals surface area contributed by atoms with Crippen molar-refractivity contribution in [2.24, 2.45) is 5.92 Å². The number of para-hydroxylation sites is 1. The number of rotatable bonds is 3. The van der Waals surface area contributed by atoms with E-state index in [1.807, 2.05) is 64.1 Å². The molecule has 29 heavy (non-hydrogen) atoms. The van der Waals surface area contributed by atoms with E-state index in [1.54, 1.807) is 15.8 Å². The zero-order chi connectivity index (χ0) is 20.8. The number of fused-ring (bicyclic) bond motifs is 1. The second kappa shape index (κ2) is 6.99. The van der Waals surface area contributed by atoms with Crippen molar-refractivity contribution >= 4 is 28.5 Å². The Hall–Kier alpha value is -3.22. The molecule has 0 aliphatic carbocycles. The van der Waals surface area contributed by atoms with Gasteiger partial charge in [-0.2, -0.15) is 5.10 Å². The number of aryl methyl sites for hydroxylation is 1. The molecule has 7 heteroatoms. The van der Waals surface area contributed by atoms with E-state index >= 15 is 0 Å². The van der Waals surface area contributed by atoms with Crippen molar-refractivity contribution in [1.82, 2.24) is 19.7 Å². The summed E-state index contributed by atoms with van der Waals surface area (Å²) in [6.45, 7) is 8.31. The number of likely N-dealkylation sites (tertiary alicyclic amines) is 1. The number of hydrogen-bond donors (Lipinski definition) is 1. The number of benzene rings is 1. The molecule has 2 amide bonds. The molecule has 1 aliphatic heterocycles. The highest BCUT2D eigenvalue weighted by atomic mass is 16.2. The fraction of sp³-hybridized carbons (Fsp3) is 0.364. The number of amides is 2. The topological polar surface area (TPSA) is 80.1 Å². The zero-order valence-corrected chi connectivity index (χ0v) is 17.1. The quantitative estimate of drug-likeness (QED) is 0.743. The van der Waals surface area contributed by atoms with Crippen LogP contribution in [0, 0.1) is 12.8 Å². The van der Waals surface area contributed by atoms with Crippen molar-refractivity contribution in [2.75, 3.05) is 11.9 Å². The lowest BCUT2D eigenvalue weighted by molar-refractivity contribution is -0.131. The van der Waals surface area contributed by atoms with Gasteiger partial charge in [0.25, 0.3) is 0 Å². The normalized spacial score (nSPS) is 17.2. The van der Waals surface area contributed by atoms with Gasteiger partial charge in [-0.25, -0.2) is 9.67 Å². The van der Waals surface area contributed by atoms with E-state index in [-0.39, 0.29) is 29.7 Å². The number of aromatic nitrogens is 3. The van der Waals surface area contributed by atoms with Crippen LogP contribution in [0.25, 0.3) is 16.7 Å². The minimum atomic E-state index is -0.356. The molecule has 7 nitrogen and oxygen atoms in total. The van der Waals surface area contributed by atoms with Crippen LogP contribution in [0.3, 0.4) is 0 Å². The average Bonchev–Trinajstić information content (AvgIpc) is 3.23. The Balaban J connectivity index is 1.56. The van der Waals surface area contributed by atoms with Gasteiger partial charge < -0.3 is 10.2 Å². The second-order valence-electron chi connectivity index (χ2n) is 8.49. The van der Waals surface area contributed by atoms with Crippen LogP contribution in [0.2, 0.25) is 0 Å². The molecule has 0 saturated carbocycles. The number of anilines is 1. The van der Waals surface area contributed by atoms with E-state index < -0.39 is 0 Å². The summed E-state index contributed by atoms with van der Waals surface area (Å²) in [4.78, 5) is 31.3. The summed E-state index contributed by atoms with van der Waals surface area (Å²) in [5.74, 6) is -0.490. The Kier molecular flexibility index (Phi) is 4.61. The maximum atomic E-state index is 12.7. The monoisotopic (exact) mass is 391 g/mol. The Bertz CT molecular complexity index is 1080. The van der Waals surface area contributed by atoms with Crippen molar-refractivity contribution in [3.63, 3.8) is 0 Å². The number of hydrogen-bond acceptors (Lipinski definition) is 4. The zero-order valence-electron chi connectivity index (χ0n) is 17.1. The maximum Gasteiger partial charge on any atom is 0.229 e. The Morgan fingerprint density at radius 1 is 1.21 bits per heavy atom. The standard InChI is InChI=1S/C22H25N5O2/c1-14-18-11-16(12-23-20(18)27(25-14)17-8-6-5-7-9-17)24-21(29)15-10-19(28)26(13-15)22(2,3)4/h5-9,11-12,15H,10,13H2,1-4H3,(H,24,29). The number of carbonyl (C=O) groups is 2. The first-order valence-electron chi connectivity index (χ1n) is 9.76. The Labute approximate surface area is 169 Å². The van der Waals surface area contributed by atoms with Crippen LogP contribution in [0.1, 0.15) is 32.9 Å². The molecule has 0 radical (unpaired) electrons. The highest BCUT2D eigenvalue weighted by Crippen LogP contribution is 2.28. The highest BCUT2D eigenvalue weighted by Gasteiger charge is 2.39. The van der Waals surface area contributed by atoms with Gasteiger partial charge in [0.2, 0.25) is 11.8 Å². The molecule has 1 atom stereocenters. The highest BCUT2D eigenvalue weighted by molar-refractivity contribution is 5.98.